The summed E-state index contributed by atoms with van der Waals surface area (Å²) in [6, 6.07) is 8.62. The summed E-state index contributed by atoms with van der Waals surface area (Å²) < 4.78 is 0. The van der Waals surface area contributed by atoms with Gasteiger partial charge in [0.2, 0.25) is 0 Å². The second kappa shape index (κ2) is 6.81. The molecule has 0 saturated heterocycles. The third-order valence-corrected chi connectivity index (χ3v) is 7.72. The van der Waals surface area contributed by atoms with Crippen molar-refractivity contribution in [3.8, 4) is 9.75 Å². The monoisotopic (exact) mass is 382 g/mol. The predicted octanol–water partition coefficient (Wildman–Crippen LogP) is 6.40. The zero-order valence-electron chi connectivity index (χ0n) is 12.7. The third kappa shape index (κ3) is 3.07. The molecule has 4 rings (SSSR count). The minimum absolute atomic E-state index is 0.263. The predicted molar refractivity (Wildman–Crippen MR) is 115 cm³/mol. The van der Waals surface area contributed by atoms with E-state index < -0.39 is 0 Å². The van der Waals surface area contributed by atoms with Gasteiger partial charge in [-0.25, -0.2) is 0 Å². The highest BCUT2D eigenvalue weighted by molar-refractivity contribution is 7.81. The molecule has 0 unspecified atom stereocenters. The third-order valence-electron chi connectivity index (χ3n) is 4.04. The van der Waals surface area contributed by atoms with Gasteiger partial charge in [0.05, 0.1) is 0 Å². The summed E-state index contributed by atoms with van der Waals surface area (Å²) in [7, 11) is 0. The molecular weight excluding hydrogens is 368 g/mol. The van der Waals surface area contributed by atoms with Crippen molar-refractivity contribution in [2.45, 2.75) is 0 Å². The first-order chi connectivity index (χ1) is 11.7. The van der Waals surface area contributed by atoms with E-state index in [1.807, 2.05) is 0 Å². The zero-order chi connectivity index (χ0) is 16.5. The van der Waals surface area contributed by atoms with Crippen molar-refractivity contribution in [1.29, 1.82) is 0 Å². The lowest BCUT2D eigenvalue weighted by atomic mass is 10.1. The van der Waals surface area contributed by atoms with Crippen LogP contribution in [0.1, 0.15) is 9.75 Å². The van der Waals surface area contributed by atoms with Gasteiger partial charge in [-0.15, -0.1) is 22.7 Å². The molecule has 2 aliphatic rings. The maximum Gasteiger partial charge on any atom is 0.0449 e. The van der Waals surface area contributed by atoms with Gasteiger partial charge in [-0.3, -0.25) is 0 Å². The molecule has 0 fully saturated rings. The molecule has 4 heteroatoms. The van der Waals surface area contributed by atoms with Crippen LogP contribution in [0.5, 0.6) is 0 Å². The van der Waals surface area contributed by atoms with E-state index in [4.69, 9.17) is 24.4 Å². The average Bonchev–Trinajstić information content (AvgIpc) is 3.42. The Kier molecular flexibility index (Phi) is 4.55. The molecule has 2 heterocycles. The minimum Gasteiger partial charge on any atom is -0.134 e. The molecule has 2 aromatic rings. The smallest absolute Gasteiger partial charge is 0.0449 e. The van der Waals surface area contributed by atoms with Crippen LogP contribution in [-0.4, -0.2) is 9.73 Å². The van der Waals surface area contributed by atoms with Gasteiger partial charge in [0, 0.05) is 41.1 Å². The number of thiocarbonyl (C=S) groups is 2. The Labute approximate surface area is 160 Å². The summed E-state index contributed by atoms with van der Waals surface area (Å²) in [5.74, 6) is 0.526. The lowest BCUT2D eigenvalue weighted by Crippen LogP contribution is -2.04. The molecule has 0 nitrogen and oxygen atoms in total. The summed E-state index contributed by atoms with van der Waals surface area (Å²) in [5.41, 5.74) is 0. The second-order valence-electron chi connectivity index (χ2n) is 5.65. The summed E-state index contributed by atoms with van der Waals surface area (Å²) >= 11 is 14.8. The number of allylic oxidation sites excluding steroid dienone is 8. The van der Waals surface area contributed by atoms with Gasteiger partial charge < -0.3 is 0 Å². The summed E-state index contributed by atoms with van der Waals surface area (Å²) in [4.78, 5) is 6.89. The lowest BCUT2D eigenvalue weighted by Gasteiger charge is -2.05. The van der Waals surface area contributed by atoms with Gasteiger partial charge in [0.15, 0.2) is 0 Å². The van der Waals surface area contributed by atoms with Crippen LogP contribution in [0.25, 0.3) is 9.75 Å². The molecular formula is C20H14S4. The van der Waals surface area contributed by atoms with Crippen molar-refractivity contribution in [3.63, 3.8) is 0 Å². The Bertz CT molecular complexity index is 817. The number of hydrogen-bond donors (Lipinski definition) is 0. The normalized spacial score (nSPS) is 16.5. The number of rotatable bonds is 5. The van der Waals surface area contributed by atoms with Crippen molar-refractivity contribution < 1.29 is 0 Å². The zero-order valence-corrected chi connectivity index (χ0v) is 16.0. The van der Waals surface area contributed by atoms with Gasteiger partial charge in [-0.1, -0.05) is 73.0 Å². The molecule has 2 aliphatic carbocycles. The second-order valence-corrected chi connectivity index (χ2v) is 8.69. The molecule has 118 valence electrons. The van der Waals surface area contributed by atoms with Gasteiger partial charge in [-0.05, 0) is 24.3 Å². The van der Waals surface area contributed by atoms with E-state index in [-0.39, 0.29) is 11.8 Å². The van der Waals surface area contributed by atoms with Crippen LogP contribution in [0.2, 0.25) is 0 Å². The number of hydrogen-bond acceptors (Lipinski definition) is 4. The highest BCUT2D eigenvalue weighted by Gasteiger charge is 2.17. The molecule has 0 aliphatic heterocycles. The van der Waals surface area contributed by atoms with Gasteiger partial charge >= 0.3 is 0 Å². The van der Waals surface area contributed by atoms with Crippen LogP contribution < -0.4 is 0 Å². The highest BCUT2D eigenvalue weighted by atomic mass is 32.1. The molecule has 2 aromatic heterocycles. The molecule has 0 amide bonds. The topological polar surface area (TPSA) is 0 Å². The van der Waals surface area contributed by atoms with Crippen LogP contribution in [-0.2, 0) is 0 Å². The lowest BCUT2D eigenvalue weighted by molar-refractivity contribution is 1.20. The Morgan fingerprint density at radius 1 is 0.625 bits per heavy atom. The maximum absolute atomic E-state index is 5.64. The Morgan fingerprint density at radius 3 is 1.38 bits per heavy atom. The summed E-state index contributed by atoms with van der Waals surface area (Å²) in [6.45, 7) is 0. The largest absolute Gasteiger partial charge is 0.134 e. The van der Waals surface area contributed by atoms with E-state index in [9.17, 15) is 0 Å². The quantitative estimate of drug-likeness (QED) is 0.434. The highest BCUT2D eigenvalue weighted by Crippen LogP contribution is 2.36. The fraction of sp³-hybridized carbons (Fsp3) is 0.100. The Balaban J connectivity index is 1.55. The first kappa shape index (κ1) is 16.0. The number of thiophene rings is 2. The summed E-state index contributed by atoms with van der Waals surface area (Å²) in [5, 5.41) is 0. The van der Waals surface area contributed by atoms with Gasteiger partial charge in [0.25, 0.3) is 0 Å². The van der Waals surface area contributed by atoms with Gasteiger partial charge in [-0.2, -0.15) is 0 Å². The first-order valence-electron chi connectivity index (χ1n) is 7.71. The van der Waals surface area contributed by atoms with E-state index in [0.717, 1.165) is 9.73 Å². The fourth-order valence-electron chi connectivity index (χ4n) is 2.75. The van der Waals surface area contributed by atoms with E-state index >= 15 is 0 Å². The molecule has 0 aromatic carbocycles. The van der Waals surface area contributed by atoms with Crippen molar-refractivity contribution in [3.05, 3.63) is 82.6 Å². The van der Waals surface area contributed by atoms with E-state index in [1.165, 1.54) is 19.5 Å². The first-order valence-corrected chi connectivity index (χ1v) is 10.2. The van der Waals surface area contributed by atoms with Crippen LogP contribution in [0.3, 0.4) is 0 Å². The standard InChI is InChI=1S/C20H14S4/c21-19(13-5-1-2-6-13)17-11-9-15(23-17)16-10-12-18(24-16)20(22)14-7-3-4-8-14/h1-14H. The molecule has 24 heavy (non-hydrogen) atoms. The Hall–Kier alpha value is -1.46. The molecule has 0 saturated carbocycles. The van der Waals surface area contributed by atoms with Crippen LogP contribution in [0.4, 0.5) is 0 Å². The summed E-state index contributed by atoms with van der Waals surface area (Å²) in [6.07, 6.45) is 16.8. The van der Waals surface area contributed by atoms with Crippen LogP contribution in [0, 0.1) is 11.8 Å². The SMILES string of the molecule is S=C(c1ccc(-c2ccc(C(=S)C3C=CC=C3)s2)s1)C1C=CC=C1. The minimum atomic E-state index is 0.263. The average molecular weight is 383 g/mol. The van der Waals surface area contributed by atoms with E-state index in [1.54, 1.807) is 22.7 Å². The van der Waals surface area contributed by atoms with Crippen LogP contribution >= 0.6 is 47.1 Å². The maximum atomic E-state index is 5.64. The molecule has 0 bridgehead atoms. The van der Waals surface area contributed by atoms with Crippen molar-refractivity contribution in [2.75, 3.05) is 0 Å². The van der Waals surface area contributed by atoms with Crippen LogP contribution in [0.15, 0.2) is 72.9 Å². The van der Waals surface area contributed by atoms with E-state index in [0.29, 0.717) is 0 Å². The van der Waals surface area contributed by atoms with E-state index in [2.05, 4.69) is 72.9 Å². The molecule has 0 atom stereocenters. The molecule has 0 spiro atoms. The van der Waals surface area contributed by atoms with Gasteiger partial charge in [0.1, 0.15) is 0 Å². The fourth-order valence-corrected chi connectivity index (χ4v) is 5.53. The van der Waals surface area contributed by atoms with Crippen molar-refractivity contribution >= 4 is 56.8 Å². The molecule has 0 radical (unpaired) electrons. The van der Waals surface area contributed by atoms with Crippen molar-refractivity contribution in [1.82, 2.24) is 0 Å². The molecule has 0 N–H and O–H groups in total. The van der Waals surface area contributed by atoms with Crippen molar-refractivity contribution in [2.24, 2.45) is 11.8 Å². The Morgan fingerprint density at radius 2 is 1.00 bits per heavy atom.